The lowest BCUT2D eigenvalue weighted by atomic mass is 10.2. The Bertz CT molecular complexity index is 389. The van der Waals surface area contributed by atoms with Crippen LogP contribution in [0.2, 0.25) is 0 Å². The van der Waals surface area contributed by atoms with Crippen LogP contribution in [0.5, 0.6) is 0 Å². The monoisotopic (exact) mass is 281 g/mol. The average molecular weight is 282 g/mol. The summed E-state index contributed by atoms with van der Waals surface area (Å²) in [7, 11) is 0. The van der Waals surface area contributed by atoms with Gasteiger partial charge in [-0.3, -0.25) is 4.79 Å². The Balaban J connectivity index is 2.91. The van der Waals surface area contributed by atoms with Gasteiger partial charge < -0.3 is 5.32 Å². The third-order valence-electron chi connectivity index (χ3n) is 1.70. The van der Waals surface area contributed by atoms with Gasteiger partial charge in [-0.2, -0.15) is 13.2 Å². The van der Waals surface area contributed by atoms with E-state index >= 15 is 0 Å². The van der Waals surface area contributed by atoms with E-state index in [9.17, 15) is 18.0 Å². The van der Waals surface area contributed by atoms with Crippen LogP contribution < -0.4 is 5.32 Å². The first-order valence-electron chi connectivity index (χ1n) is 3.95. The molecule has 0 unspecified atom stereocenters. The van der Waals surface area contributed by atoms with Crippen LogP contribution in [0.1, 0.15) is 5.56 Å². The standard InChI is InChI=1S/C9H7BrF3NO/c1-5-3-2-4-6(7(5)10)14-8(15)9(11,12)13/h2-4H,1H3,(H,14,15). The number of aryl methyl sites for hydroxylation is 1. The SMILES string of the molecule is Cc1cccc(NC(=O)C(F)(F)F)c1Br. The van der Waals surface area contributed by atoms with Gasteiger partial charge in [0.25, 0.3) is 0 Å². The summed E-state index contributed by atoms with van der Waals surface area (Å²) in [5.74, 6) is -1.98. The van der Waals surface area contributed by atoms with Gasteiger partial charge in [0.05, 0.1) is 5.69 Å². The van der Waals surface area contributed by atoms with Crippen LogP contribution in [0.25, 0.3) is 0 Å². The fraction of sp³-hybridized carbons (Fsp3) is 0.222. The minimum atomic E-state index is -4.87. The molecule has 0 radical (unpaired) electrons. The van der Waals surface area contributed by atoms with E-state index in [0.717, 1.165) is 5.56 Å². The number of carbonyl (C=O) groups excluding carboxylic acids is 1. The fourth-order valence-corrected chi connectivity index (χ4v) is 1.30. The summed E-state index contributed by atoms with van der Waals surface area (Å²) in [6, 6.07) is 4.67. The van der Waals surface area contributed by atoms with Crippen molar-refractivity contribution in [1.82, 2.24) is 0 Å². The van der Waals surface area contributed by atoms with Gasteiger partial charge in [-0.1, -0.05) is 12.1 Å². The number of hydrogen-bond acceptors (Lipinski definition) is 1. The van der Waals surface area contributed by atoms with E-state index < -0.39 is 12.1 Å². The average Bonchev–Trinajstić information content (AvgIpc) is 2.11. The number of halogens is 4. The van der Waals surface area contributed by atoms with Crippen LogP contribution in [0, 0.1) is 6.92 Å². The molecule has 1 aromatic rings. The van der Waals surface area contributed by atoms with Crippen LogP contribution in [-0.2, 0) is 4.79 Å². The summed E-state index contributed by atoms with van der Waals surface area (Å²) < 4.78 is 36.3. The van der Waals surface area contributed by atoms with Crippen LogP contribution in [-0.4, -0.2) is 12.1 Å². The molecule has 1 N–H and O–H groups in total. The van der Waals surface area contributed by atoms with Gasteiger partial charge in [-0.15, -0.1) is 0 Å². The number of carbonyl (C=O) groups is 1. The number of amides is 1. The van der Waals surface area contributed by atoms with Crippen molar-refractivity contribution in [3.05, 3.63) is 28.2 Å². The van der Waals surface area contributed by atoms with Crippen molar-refractivity contribution >= 4 is 27.5 Å². The summed E-state index contributed by atoms with van der Waals surface area (Å²) in [6.45, 7) is 1.72. The maximum Gasteiger partial charge on any atom is 0.471 e. The highest BCUT2D eigenvalue weighted by atomic mass is 79.9. The summed E-state index contributed by atoms with van der Waals surface area (Å²) in [5, 5.41) is 1.78. The molecule has 6 heteroatoms. The van der Waals surface area contributed by atoms with Gasteiger partial charge in [0.15, 0.2) is 0 Å². The Morgan fingerprint density at radius 2 is 2.00 bits per heavy atom. The van der Waals surface area contributed by atoms with Crippen LogP contribution in [0.15, 0.2) is 22.7 Å². The van der Waals surface area contributed by atoms with Crippen LogP contribution >= 0.6 is 15.9 Å². The van der Waals surface area contributed by atoms with Crippen molar-refractivity contribution in [2.45, 2.75) is 13.1 Å². The zero-order valence-corrected chi connectivity index (χ0v) is 9.24. The maximum absolute atomic E-state index is 11.9. The van der Waals surface area contributed by atoms with Gasteiger partial charge >= 0.3 is 12.1 Å². The second kappa shape index (κ2) is 4.22. The number of rotatable bonds is 1. The molecule has 15 heavy (non-hydrogen) atoms. The molecule has 0 aliphatic rings. The van der Waals surface area contributed by atoms with E-state index in [2.05, 4.69) is 15.9 Å². The van der Waals surface area contributed by atoms with E-state index in [-0.39, 0.29) is 5.69 Å². The summed E-state index contributed by atoms with van der Waals surface area (Å²) in [5.41, 5.74) is 0.854. The normalized spacial score (nSPS) is 11.3. The van der Waals surface area contributed by atoms with Crippen molar-refractivity contribution in [1.29, 1.82) is 0 Å². The molecule has 1 rings (SSSR count). The predicted molar refractivity (Wildman–Crippen MR) is 53.6 cm³/mol. The Morgan fingerprint density at radius 1 is 1.40 bits per heavy atom. The Labute approximate surface area is 92.6 Å². The highest BCUT2D eigenvalue weighted by molar-refractivity contribution is 9.10. The Kier molecular flexibility index (Phi) is 3.38. The van der Waals surface area contributed by atoms with Crippen molar-refractivity contribution in [2.75, 3.05) is 5.32 Å². The third kappa shape index (κ3) is 2.95. The quantitative estimate of drug-likeness (QED) is 0.841. The van der Waals surface area contributed by atoms with Crippen LogP contribution in [0.3, 0.4) is 0 Å². The second-order valence-corrected chi connectivity index (χ2v) is 3.68. The van der Waals surface area contributed by atoms with E-state index in [4.69, 9.17) is 0 Å². The summed E-state index contributed by atoms with van der Waals surface area (Å²) >= 11 is 3.09. The molecule has 1 aromatic carbocycles. The van der Waals surface area contributed by atoms with Crippen LogP contribution in [0.4, 0.5) is 18.9 Å². The molecular formula is C9H7BrF3NO. The third-order valence-corrected chi connectivity index (χ3v) is 2.75. The molecule has 0 bridgehead atoms. The van der Waals surface area contributed by atoms with E-state index in [0.29, 0.717) is 4.47 Å². The topological polar surface area (TPSA) is 29.1 Å². The predicted octanol–water partition coefficient (Wildman–Crippen LogP) is 3.26. The molecule has 0 saturated carbocycles. The second-order valence-electron chi connectivity index (χ2n) is 2.89. The lowest BCUT2D eigenvalue weighted by Crippen LogP contribution is -2.30. The summed E-state index contributed by atoms with van der Waals surface area (Å²) in [4.78, 5) is 10.6. The molecule has 0 saturated heterocycles. The lowest BCUT2D eigenvalue weighted by molar-refractivity contribution is -0.167. The first kappa shape index (κ1) is 12.0. The molecule has 0 aromatic heterocycles. The fourth-order valence-electron chi connectivity index (χ4n) is 0.937. The Morgan fingerprint density at radius 3 is 2.53 bits per heavy atom. The van der Waals surface area contributed by atoms with Crippen molar-refractivity contribution in [3.63, 3.8) is 0 Å². The summed E-state index contributed by atoms with van der Waals surface area (Å²) in [6.07, 6.45) is -4.87. The van der Waals surface area contributed by atoms with Gasteiger partial charge in [0, 0.05) is 4.47 Å². The largest absolute Gasteiger partial charge is 0.471 e. The first-order valence-corrected chi connectivity index (χ1v) is 4.75. The van der Waals surface area contributed by atoms with Crippen molar-refractivity contribution in [2.24, 2.45) is 0 Å². The Hall–Kier alpha value is -1.04. The number of hydrogen-bond donors (Lipinski definition) is 1. The molecule has 0 spiro atoms. The number of benzene rings is 1. The molecule has 0 fully saturated rings. The maximum atomic E-state index is 11.9. The zero-order chi connectivity index (χ0) is 11.6. The van der Waals surface area contributed by atoms with E-state index in [1.54, 1.807) is 24.4 Å². The number of nitrogens with one attached hydrogen (secondary N) is 1. The highest BCUT2D eigenvalue weighted by Crippen LogP contribution is 2.27. The van der Waals surface area contributed by atoms with Gasteiger partial charge in [-0.05, 0) is 34.5 Å². The zero-order valence-electron chi connectivity index (χ0n) is 7.65. The lowest BCUT2D eigenvalue weighted by Gasteiger charge is -2.10. The minimum Gasteiger partial charge on any atom is -0.317 e. The first-order chi connectivity index (χ1) is 6.82. The smallest absolute Gasteiger partial charge is 0.317 e. The van der Waals surface area contributed by atoms with Gasteiger partial charge in [-0.25, -0.2) is 0 Å². The highest BCUT2D eigenvalue weighted by Gasteiger charge is 2.38. The van der Waals surface area contributed by atoms with E-state index in [1.165, 1.54) is 6.07 Å². The molecule has 1 amide bonds. The van der Waals surface area contributed by atoms with E-state index in [1.807, 2.05) is 0 Å². The molecule has 0 aliphatic heterocycles. The van der Waals surface area contributed by atoms with Gasteiger partial charge in [0.2, 0.25) is 0 Å². The van der Waals surface area contributed by atoms with Crippen molar-refractivity contribution < 1.29 is 18.0 Å². The molecular weight excluding hydrogens is 275 g/mol. The van der Waals surface area contributed by atoms with Gasteiger partial charge in [0.1, 0.15) is 0 Å². The van der Waals surface area contributed by atoms with Crippen molar-refractivity contribution in [3.8, 4) is 0 Å². The molecule has 0 heterocycles. The number of anilines is 1. The minimum absolute atomic E-state index is 0.109. The number of alkyl halides is 3. The molecule has 82 valence electrons. The molecule has 0 atom stereocenters. The molecule has 2 nitrogen and oxygen atoms in total. The molecule has 0 aliphatic carbocycles.